The molecule has 8 heteroatoms. The topological polar surface area (TPSA) is 95.7 Å². The van der Waals surface area contributed by atoms with E-state index in [-0.39, 0.29) is 18.5 Å². The molecule has 3 rings (SSSR count). The number of nitrogens with zero attached hydrogens (tertiary/aromatic N) is 2. The third-order valence-electron chi connectivity index (χ3n) is 5.50. The SMILES string of the molecule is Cc1cccc(NC(=O)N2CCCC(C(=O)N(C)C(C(N)=O)c3cccc(F)c3)C2)c1. The van der Waals surface area contributed by atoms with Gasteiger partial charge in [0, 0.05) is 25.8 Å². The number of aryl methyl sites for hydroxylation is 1. The van der Waals surface area contributed by atoms with Crippen LogP contribution >= 0.6 is 0 Å². The van der Waals surface area contributed by atoms with Gasteiger partial charge in [0.15, 0.2) is 0 Å². The highest BCUT2D eigenvalue weighted by Gasteiger charge is 2.35. The van der Waals surface area contributed by atoms with Crippen LogP contribution in [0.1, 0.15) is 30.0 Å². The second-order valence-corrected chi connectivity index (χ2v) is 7.89. The molecule has 1 aliphatic rings. The maximum Gasteiger partial charge on any atom is 0.321 e. The average molecular weight is 426 g/mol. The van der Waals surface area contributed by atoms with E-state index in [2.05, 4.69) is 5.32 Å². The van der Waals surface area contributed by atoms with Gasteiger partial charge in [-0.3, -0.25) is 9.59 Å². The molecule has 7 nitrogen and oxygen atoms in total. The van der Waals surface area contributed by atoms with Crippen LogP contribution < -0.4 is 11.1 Å². The highest BCUT2D eigenvalue weighted by molar-refractivity contribution is 5.91. The Morgan fingerprint density at radius 2 is 1.94 bits per heavy atom. The summed E-state index contributed by atoms with van der Waals surface area (Å²) in [6.07, 6.45) is 1.25. The largest absolute Gasteiger partial charge is 0.368 e. The molecule has 1 aliphatic heterocycles. The standard InChI is InChI=1S/C23H27FN4O3/c1-15-6-3-10-19(12-15)26-23(31)28-11-5-8-17(14-28)22(30)27(2)20(21(25)29)16-7-4-9-18(24)13-16/h3-4,6-7,9-10,12-13,17,20H,5,8,11,14H2,1-2H3,(H2,25,29)(H,26,31). The van der Waals surface area contributed by atoms with Crippen molar-refractivity contribution in [2.75, 3.05) is 25.5 Å². The molecule has 3 N–H and O–H groups in total. The molecule has 2 aromatic rings. The molecule has 0 aromatic heterocycles. The summed E-state index contributed by atoms with van der Waals surface area (Å²) in [7, 11) is 1.48. The number of primary amides is 1. The molecule has 0 spiro atoms. The smallest absolute Gasteiger partial charge is 0.321 e. The molecule has 31 heavy (non-hydrogen) atoms. The second kappa shape index (κ2) is 9.59. The Bertz CT molecular complexity index is 981. The number of nitrogens with one attached hydrogen (secondary N) is 1. The number of hydrogen-bond donors (Lipinski definition) is 2. The number of piperidine rings is 1. The number of hydrogen-bond acceptors (Lipinski definition) is 3. The van der Waals surface area contributed by atoms with Crippen molar-refractivity contribution in [3.05, 3.63) is 65.5 Å². The lowest BCUT2D eigenvalue weighted by Gasteiger charge is -2.35. The Kier molecular flexibility index (Phi) is 6.89. The number of anilines is 1. The van der Waals surface area contributed by atoms with Gasteiger partial charge < -0.3 is 20.9 Å². The molecule has 0 aliphatic carbocycles. The first kappa shape index (κ1) is 22.3. The molecular formula is C23H27FN4O3. The fourth-order valence-corrected chi connectivity index (χ4v) is 3.96. The normalized spacial score (nSPS) is 17.0. The first-order valence-electron chi connectivity index (χ1n) is 10.2. The van der Waals surface area contributed by atoms with Gasteiger partial charge in [0.05, 0.1) is 5.92 Å². The maximum absolute atomic E-state index is 13.6. The monoisotopic (exact) mass is 426 g/mol. The van der Waals surface area contributed by atoms with E-state index in [9.17, 15) is 18.8 Å². The van der Waals surface area contributed by atoms with E-state index in [4.69, 9.17) is 5.73 Å². The van der Waals surface area contributed by atoms with Crippen molar-refractivity contribution in [3.63, 3.8) is 0 Å². The van der Waals surface area contributed by atoms with Gasteiger partial charge in [-0.25, -0.2) is 9.18 Å². The van der Waals surface area contributed by atoms with Crippen molar-refractivity contribution in [2.45, 2.75) is 25.8 Å². The molecule has 0 radical (unpaired) electrons. The molecule has 1 saturated heterocycles. The molecule has 164 valence electrons. The Labute approximate surface area is 181 Å². The number of carbonyl (C=O) groups is 3. The second-order valence-electron chi connectivity index (χ2n) is 7.89. The lowest BCUT2D eigenvalue weighted by Crippen LogP contribution is -2.49. The number of urea groups is 1. The Hall–Kier alpha value is -3.42. The minimum atomic E-state index is -1.08. The van der Waals surface area contributed by atoms with Crippen molar-refractivity contribution in [2.24, 2.45) is 11.7 Å². The van der Waals surface area contributed by atoms with E-state index in [1.165, 1.54) is 30.1 Å². The van der Waals surface area contributed by atoms with Crippen LogP contribution in [0.2, 0.25) is 0 Å². The summed E-state index contributed by atoms with van der Waals surface area (Å²) in [5.74, 6) is -2.04. The molecule has 1 heterocycles. The first-order valence-corrected chi connectivity index (χ1v) is 10.2. The van der Waals surface area contributed by atoms with Gasteiger partial charge in [0.2, 0.25) is 11.8 Å². The summed E-state index contributed by atoms with van der Waals surface area (Å²) in [6.45, 7) is 2.71. The zero-order valence-corrected chi connectivity index (χ0v) is 17.7. The number of halogens is 1. The van der Waals surface area contributed by atoms with E-state index in [0.29, 0.717) is 30.6 Å². The van der Waals surface area contributed by atoms with Crippen molar-refractivity contribution in [1.29, 1.82) is 0 Å². The van der Waals surface area contributed by atoms with Gasteiger partial charge in [-0.2, -0.15) is 0 Å². The number of benzene rings is 2. The van der Waals surface area contributed by atoms with Gasteiger partial charge in [-0.15, -0.1) is 0 Å². The van der Waals surface area contributed by atoms with Crippen LogP contribution in [0.25, 0.3) is 0 Å². The number of amides is 4. The molecule has 2 aromatic carbocycles. The van der Waals surface area contributed by atoms with Crippen LogP contribution in [0.5, 0.6) is 0 Å². The maximum atomic E-state index is 13.6. The summed E-state index contributed by atoms with van der Waals surface area (Å²) in [5.41, 5.74) is 7.56. The van der Waals surface area contributed by atoms with E-state index in [0.717, 1.165) is 5.56 Å². The lowest BCUT2D eigenvalue weighted by molar-refractivity contribution is -0.142. The zero-order chi connectivity index (χ0) is 22.5. The quantitative estimate of drug-likeness (QED) is 0.769. The van der Waals surface area contributed by atoms with Crippen molar-refractivity contribution in [3.8, 4) is 0 Å². The van der Waals surface area contributed by atoms with Gasteiger partial charge in [0.1, 0.15) is 11.9 Å². The summed E-state index contributed by atoms with van der Waals surface area (Å²) >= 11 is 0. The fourth-order valence-electron chi connectivity index (χ4n) is 3.96. The molecule has 1 fully saturated rings. The number of nitrogens with two attached hydrogens (primary N) is 1. The zero-order valence-electron chi connectivity index (χ0n) is 17.7. The Morgan fingerprint density at radius 1 is 1.19 bits per heavy atom. The van der Waals surface area contributed by atoms with Gasteiger partial charge in [-0.1, -0.05) is 24.3 Å². The van der Waals surface area contributed by atoms with E-state index >= 15 is 0 Å². The predicted octanol–water partition coefficient (Wildman–Crippen LogP) is 3.06. The summed E-state index contributed by atoms with van der Waals surface area (Å²) in [5, 5.41) is 2.86. The van der Waals surface area contributed by atoms with Crippen molar-refractivity contribution >= 4 is 23.5 Å². The molecule has 2 atom stereocenters. The van der Waals surface area contributed by atoms with Crippen LogP contribution in [0.4, 0.5) is 14.9 Å². The molecule has 2 unspecified atom stereocenters. The summed E-state index contributed by atoms with van der Waals surface area (Å²) in [4.78, 5) is 40.8. The number of likely N-dealkylation sites (N-methyl/N-ethyl adjacent to an activating group) is 1. The number of rotatable bonds is 5. The molecule has 0 bridgehead atoms. The summed E-state index contributed by atoms with van der Waals surface area (Å²) in [6, 6.07) is 11.6. The van der Waals surface area contributed by atoms with Crippen molar-refractivity contribution in [1.82, 2.24) is 9.80 Å². The Balaban J connectivity index is 1.70. The highest BCUT2D eigenvalue weighted by Crippen LogP contribution is 2.26. The molecular weight excluding hydrogens is 399 g/mol. The highest BCUT2D eigenvalue weighted by atomic mass is 19.1. The third-order valence-corrected chi connectivity index (χ3v) is 5.50. The molecule has 4 amide bonds. The van der Waals surface area contributed by atoms with Crippen LogP contribution in [0.15, 0.2) is 48.5 Å². The van der Waals surface area contributed by atoms with E-state index in [1.807, 2.05) is 31.2 Å². The van der Waals surface area contributed by atoms with Crippen molar-refractivity contribution < 1.29 is 18.8 Å². The third kappa shape index (κ3) is 5.39. The predicted molar refractivity (Wildman–Crippen MR) is 116 cm³/mol. The van der Waals surface area contributed by atoms with E-state index < -0.39 is 23.7 Å². The van der Waals surface area contributed by atoms with Gasteiger partial charge in [-0.05, 0) is 55.2 Å². The Morgan fingerprint density at radius 3 is 2.61 bits per heavy atom. The minimum Gasteiger partial charge on any atom is -0.368 e. The minimum absolute atomic E-state index is 0.232. The van der Waals surface area contributed by atoms with E-state index in [1.54, 1.807) is 11.0 Å². The number of likely N-dealkylation sites (tertiary alicyclic amines) is 1. The molecule has 0 saturated carbocycles. The number of carbonyl (C=O) groups excluding carboxylic acids is 3. The average Bonchev–Trinajstić information content (AvgIpc) is 2.73. The van der Waals surface area contributed by atoms with Gasteiger partial charge in [0.25, 0.3) is 0 Å². The first-order chi connectivity index (χ1) is 14.8. The summed E-state index contributed by atoms with van der Waals surface area (Å²) < 4.78 is 13.6. The fraction of sp³-hybridized carbons (Fsp3) is 0.348. The van der Waals surface area contributed by atoms with Crippen LogP contribution in [-0.4, -0.2) is 47.8 Å². The van der Waals surface area contributed by atoms with Crippen LogP contribution in [0, 0.1) is 18.7 Å². The van der Waals surface area contributed by atoms with Gasteiger partial charge >= 0.3 is 6.03 Å². The van der Waals surface area contributed by atoms with Crippen LogP contribution in [-0.2, 0) is 9.59 Å². The van der Waals surface area contributed by atoms with Crippen LogP contribution in [0.3, 0.4) is 0 Å². The lowest BCUT2D eigenvalue weighted by atomic mass is 9.95.